The molecule has 0 bridgehead atoms. The lowest BCUT2D eigenvalue weighted by Crippen LogP contribution is -2.45. The van der Waals surface area contributed by atoms with E-state index in [2.05, 4.69) is 15.5 Å². The molecule has 10 heteroatoms. The Hall–Kier alpha value is -2.33. The molecular formula is C24H35N3O6S. The normalized spacial score (nSPS) is 21.2. The maximum absolute atomic E-state index is 13.2. The minimum atomic E-state index is -0.972. The van der Waals surface area contributed by atoms with Gasteiger partial charge in [-0.3, -0.25) is 9.79 Å². The van der Waals surface area contributed by atoms with Gasteiger partial charge in [0.25, 0.3) is 0 Å². The fourth-order valence-electron chi connectivity index (χ4n) is 3.37. The van der Waals surface area contributed by atoms with Crippen molar-refractivity contribution in [3.63, 3.8) is 0 Å². The molecule has 2 atom stereocenters. The molecule has 0 radical (unpaired) electrons. The summed E-state index contributed by atoms with van der Waals surface area (Å²) in [6.45, 7) is 6.72. The Kier molecular flexibility index (Phi) is 9.58. The van der Waals surface area contributed by atoms with E-state index in [9.17, 15) is 9.59 Å². The molecule has 1 aliphatic carbocycles. The molecule has 0 spiro atoms. The first-order chi connectivity index (χ1) is 16.3. The first kappa shape index (κ1) is 26.3. The highest BCUT2D eigenvalue weighted by Crippen LogP contribution is 2.32. The summed E-state index contributed by atoms with van der Waals surface area (Å²) in [6.07, 6.45) is 5.10. The van der Waals surface area contributed by atoms with Crippen LogP contribution in [-0.2, 0) is 9.63 Å². The van der Waals surface area contributed by atoms with Gasteiger partial charge in [-0.05, 0) is 51.9 Å². The van der Waals surface area contributed by atoms with Gasteiger partial charge in [0, 0.05) is 18.4 Å². The summed E-state index contributed by atoms with van der Waals surface area (Å²) in [5.41, 5.74) is -0.852. The van der Waals surface area contributed by atoms with Crippen LogP contribution in [-0.4, -0.2) is 52.9 Å². The summed E-state index contributed by atoms with van der Waals surface area (Å²) in [6, 6.07) is 2.59. The molecule has 1 saturated carbocycles. The van der Waals surface area contributed by atoms with E-state index in [-0.39, 0.29) is 12.5 Å². The molecule has 1 aromatic rings. The molecule has 9 nitrogen and oxygen atoms in total. The number of oxime groups is 1. The molecular weight excluding hydrogens is 458 g/mol. The average molecular weight is 494 g/mol. The highest BCUT2D eigenvalue weighted by Gasteiger charge is 2.40. The lowest BCUT2D eigenvalue weighted by molar-refractivity contribution is -0.125. The van der Waals surface area contributed by atoms with Crippen LogP contribution in [0.15, 0.2) is 31.5 Å². The second-order valence-electron chi connectivity index (χ2n) is 9.00. The molecule has 34 heavy (non-hydrogen) atoms. The van der Waals surface area contributed by atoms with Crippen LogP contribution < -0.4 is 15.7 Å². The zero-order chi connectivity index (χ0) is 24.6. The van der Waals surface area contributed by atoms with Crippen molar-refractivity contribution >= 4 is 28.4 Å². The Bertz CT molecular complexity index is 958. The molecule has 1 fully saturated rings. The Morgan fingerprint density at radius 3 is 2.91 bits per heavy atom. The number of thioether (sulfide) groups is 1. The number of hydrogen-bond acceptors (Lipinski definition) is 9. The third-order valence-electron chi connectivity index (χ3n) is 5.65. The topological polar surface area (TPSA) is 123 Å². The van der Waals surface area contributed by atoms with Gasteiger partial charge in [-0.2, -0.15) is 0 Å². The van der Waals surface area contributed by atoms with Crippen molar-refractivity contribution in [2.45, 2.75) is 70.9 Å². The Morgan fingerprint density at radius 1 is 1.41 bits per heavy atom. The van der Waals surface area contributed by atoms with Crippen molar-refractivity contribution in [1.82, 2.24) is 5.32 Å². The van der Waals surface area contributed by atoms with Crippen molar-refractivity contribution in [3.8, 4) is 5.75 Å². The Balaban J connectivity index is 1.66. The van der Waals surface area contributed by atoms with Gasteiger partial charge >= 0.3 is 5.63 Å². The molecule has 2 N–H and O–H groups in total. The van der Waals surface area contributed by atoms with Gasteiger partial charge in [-0.1, -0.05) is 18.5 Å². The summed E-state index contributed by atoms with van der Waals surface area (Å²) in [5.74, 6) is 1.66. The van der Waals surface area contributed by atoms with Gasteiger partial charge < -0.3 is 24.4 Å². The largest absolute Gasteiger partial charge is 0.493 e. The summed E-state index contributed by atoms with van der Waals surface area (Å²) < 4.78 is 11.2. The molecule has 1 amide bonds. The second-order valence-corrected chi connectivity index (χ2v) is 9.97. The standard InChI is InChI=1S/C24H35N3O6S/c1-4-7-19(20-12-18(13-21(29)33-20)31-14-17-8-9-17)25-23(30)24(3)15-34-22(26-24)16(2)27-32-11-6-5-10-28/h12-13,17,19,28H,4-11,14-15H2,1-3H3,(H,25,30)/b27-16+. The molecule has 1 aromatic heterocycles. The number of aliphatic hydroxyl groups is 1. The first-order valence-corrected chi connectivity index (χ1v) is 12.9. The maximum atomic E-state index is 13.2. The Labute approximate surface area is 204 Å². The van der Waals surface area contributed by atoms with Gasteiger partial charge in [-0.15, -0.1) is 11.8 Å². The highest BCUT2D eigenvalue weighted by molar-refractivity contribution is 8.16. The number of nitrogens with one attached hydrogen (secondary N) is 1. The fourth-order valence-corrected chi connectivity index (χ4v) is 4.50. The van der Waals surface area contributed by atoms with E-state index in [1.807, 2.05) is 6.92 Å². The average Bonchev–Trinajstić information content (AvgIpc) is 3.56. The van der Waals surface area contributed by atoms with Crippen LogP contribution in [0.25, 0.3) is 0 Å². The molecule has 188 valence electrons. The summed E-state index contributed by atoms with van der Waals surface area (Å²) in [7, 11) is 0. The number of carbonyl (C=O) groups is 1. The number of hydrogen-bond donors (Lipinski definition) is 2. The smallest absolute Gasteiger partial charge is 0.339 e. The van der Waals surface area contributed by atoms with Gasteiger partial charge in [0.05, 0.1) is 18.7 Å². The van der Waals surface area contributed by atoms with Crippen molar-refractivity contribution < 1.29 is 23.9 Å². The van der Waals surface area contributed by atoms with Crippen molar-refractivity contribution in [2.24, 2.45) is 16.1 Å². The molecule has 0 saturated heterocycles. The highest BCUT2D eigenvalue weighted by atomic mass is 32.2. The number of aliphatic hydroxyl groups excluding tert-OH is 1. The molecule has 2 unspecified atom stereocenters. The summed E-state index contributed by atoms with van der Waals surface area (Å²) >= 11 is 1.46. The van der Waals surface area contributed by atoms with Crippen LogP contribution in [0.2, 0.25) is 0 Å². The van der Waals surface area contributed by atoms with Crippen LogP contribution >= 0.6 is 11.8 Å². The van der Waals surface area contributed by atoms with Gasteiger partial charge in [-0.25, -0.2) is 4.79 Å². The van der Waals surface area contributed by atoms with Gasteiger partial charge in [0.15, 0.2) is 0 Å². The van der Waals surface area contributed by atoms with Crippen molar-refractivity contribution in [3.05, 3.63) is 28.3 Å². The van der Waals surface area contributed by atoms with Crippen molar-refractivity contribution in [2.75, 3.05) is 25.6 Å². The van der Waals surface area contributed by atoms with E-state index in [0.29, 0.717) is 60.0 Å². The number of ether oxygens (including phenoxy) is 1. The molecule has 0 aromatic carbocycles. The van der Waals surface area contributed by atoms with E-state index in [1.54, 1.807) is 19.9 Å². The number of nitrogens with zero attached hydrogens (tertiary/aromatic N) is 2. The van der Waals surface area contributed by atoms with Crippen LogP contribution in [0.3, 0.4) is 0 Å². The maximum Gasteiger partial charge on any atom is 0.339 e. The number of carbonyl (C=O) groups excluding carboxylic acids is 1. The molecule has 2 heterocycles. The zero-order valence-electron chi connectivity index (χ0n) is 20.2. The predicted molar refractivity (Wildman–Crippen MR) is 133 cm³/mol. The van der Waals surface area contributed by atoms with E-state index in [0.717, 1.165) is 25.7 Å². The van der Waals surface area contributed by atoms with Crippen LogP contribution in [0.4, 0.5) is 0 Å². The summed E-state index contributed by atoms with van der Waals surface area (Å²) in [4.78, 5) is 35.3. The molecule has 3 rings (SSSR count). The quantitative estimate of drug-likeness (QED) is 0.231. The predicted octanol–water partition coefficient (Wildman–Crippen LogP) is 3.46. The number of unbranched alkanes of at least 4 members (excludes halogenated alkanes) is 1. The summed E-state index contributed by atoms with van der Waals surface area (Å²) in [5, 5.41) is 16.6. The molecule has 2 aliphatic rings. The van der Waals surface area contributed by atoms with Crippen molar-refractivity contribution in [1.29, 1.82) is 0 Å². The minimum Gasteiger partial charge on any atom is -0.493 e. The van der Waals surface area contributed by atoms with Gasteiger partial charge in [0.1, 0.15) is 34.4 Å². The van der Waals surface area contributed by atoms with Crippen LogP contribution in [0.1, 0.15) is 71.1 Å². The van der Waals surface area contributed by atoms with E-state index >= 15 is 0 Å². The number of aliphatic imine (C=N–C) groups is 1. The third-order valence-corrected chi connectivity index (χ3v) is 7.02. The second kappa shape index (κ2) is 12.4. The lowest BCUT2D eigenvalue weighted by atomic mass is 10.0. The lowest BCUT2D eigenvalue weighted by Gasteiger charge is -2.24. The fraction of sp³-hybridized carbons (Fsp3) is 0.667. The SMILES string of the molecule is CCCC(NC(=O)C1(C)CSC(/C(C)=N/OCCCCO)=N1)c1cc(OCC2CC2)cc(=O)o1. The van der Waals surface area contributed by atoms with Crippen LogP contribution in [0.5, 0.6) is 5.75 Å². The zero-order valence-corrected chi connectivity index (χ0v) is 21.0. The van der Waals surface area contributed by atoms with E-state index in [1.165, 1.54) is 17.8 Å². The first-order valence-electron chi connectivity index (χ1n) is 11.9. The van der Waals surface area contributed by atoms with Gasteiger partial charge in [0.2, 0.25) is 5.91 Å². The monoisotopic (exact) mass is 493 g/mol. The Morgan fingerprint density at radius 2 is 2.21 bits per heavy atom. The van der Waals surface area contributed by atoms with E-state index in [4.69, 9.17) is 19.1 Å². The minimum absolute atomic E-state index is 0.127. The molecule has 1 aliphatic heterocycles. The van der Waals surface area contributed by atoms with E-state index < -0.39 is 17.2 Å². The van der Waals surface area contributed by atoms with Crippen LogP contribution in [0, 0.1) is 5.92 Å². The number of amides is 1. The third kappa shape index (κ3) is 7.59. The number of rotatable bonds is 14.